The van der Waals surface area contributed by atoms with Crippen LogP contribution >= 0.6 is 11.6 Å². The summed E-state index contributed by atoms with van der Waals surface area (Å²) >= 11 is 6.32. The van der Waals surface area contributed by atoms with Crippen molar-refractivity contribution in [1.82, 2.24) is 4.90 Å². The van der Waals surface area contributed by atoms with Crippen molar-refractivity contribution in [2.75, 3.05) is 34.0 Å². The van der Waals surface area contributed by atoms with Crippen molar-refractivity contribution in [2.24, 2.45) is 0 Å². The molecule has 2 aromatic carbocycles. The Morgan fingerprint density at radius 1 is 0.931 bits per heavy atom. The Morgan fingerprint density at radius 3 is 2.21 bits per heavy atom. The molecule has 0 fully saturated rings. The minimum Gasteiger partial charge on any atom is -0.493 e. The van der Waals surface area contributed by atoms with Gasteiger partial charge in [0.2, 0.25) is 0 Å². The van der Waals surface area contributed by atoms with Gasteiger partial charge in [0.05, 0.1) is 32.5 Å². The van der Waals surface area contributed by atoms with E-state index in [9.17, 15) is 4.79 Å². The van der Waals surface area contributed by atoms with Gasteiger partial charge in [0.15, 0.2) is 23.0 Å². The Labute approximate surface area is 177 Å². The smallest absolute Gasteiger partial charge is 0.254 e. The lowest BCUT2D eigenvalue weighted by molar-refractivity contribution is 0.0752. The van der Waals surface area contributed by atoms with Crippen LogP contribution in [0, 0.1) is 0 Å². The van der Waals surface area contributed by atoms with Gasteiger partial charge in [0.1, 0.15) is 0 Å². The molecular weight excluding hydrogens is 394 g/mol. The summed E-state index contributed by atoms with van der Waals surface area (Å²) in [6.07, 6.45) is 0. The lowest BCUT2D eigenvalue weighted by Gasteiger charge is -2.22. The van der Waals surface area contributed by atoms with E-state index in [1.807, 2.05) is 39.0 Å². The Morgan fingerprint density at radius 2 is 1.62 bits per heavy atom. The number of methoxy groups -OCH3 is 2. The first-order valence-corrected chi connectivity index (χ1v) is 9.96. The van der Waals surface area contributed by atoms with Crippen LogP contribution in [-0.4, -0.2) is 44.8 Å². The van der Waals surface area contributed by atoms with Crippen LogP contribution in [0.4, 0.5) is 0 Å². The average molecular weight is 422 g/mol. The van der Waals surface area contributed by atoms with Crippen molar-refractivity contribution in [3.05, 3.63) is 46.5 Å². The summed E-state index contributed by atoms with van der Waals surface area (Å²) in [7, 11) is 3.12. The first kappa shape index (κ1) is 22.7. The summed E-state index contributed by atoms with van der Waals surface area (Å²) in [5, 5.41) is 0.341. The molecule has 0 atom stereocenters. The van der Waals surface area contributed by atoms with E-state index in [0.29, 0.717) is 59.9 Å². The summed E-state index contributed by atoms with van der Waals surface area (Å²) in [4.78, 5) is 14.8. The van der Waals surface area contributed by atoms with Crippen LogP contribution in [0.25, 0.3) is 0 Å². The van der Waals surface area contributed by atoms with Crippen molar-refractivity contribution >= 4 is 17.5 Å². The number of amides is 1. The summed E-state index contributed by atoms with van der Waals surface area (Å²) in [6, 6.07) is 8.92. The molecule has 0 unspecified atom stereocenters. The van der Waals surface area contributed by atoms with Gasteiger partial charge in [-0.25, -0.2) is 0 Å². The van der Waals surface area contributed by atoms with Crippen LogP contribution in [-0.2, 0) is 6.54 Å². The van der Waals surface area contributed by atoms with Gasteiger partial charge in [-0.15, -0.1) is 0 Å². The topological polar surface area (TPSA) is 57.2 Å². The van der Waals surface area contributed by atoms with Crippen LogP contribution in [0.5, 0.6) is 23.0 Å². The van der Waals surface area contributed by atoms with Crippen LogP contribution in [0.2, 0.25) is 5.02 Å². The summed E-state index contributed by atoms with van der Waals surface area (Å²) < 4.78 is 21.8. The van der Waals surface area contributed by atoms with Gasteiger partial charge < -0.3 is 23.8 Å². The van der Waals surface area contributed by atoms with Crippen molar-refractivity contribution in [3.63, 3.8) is 0 Å². The molecule has 0 aliphatic rings. The molecule has 29 heavy (non-hydrogen) atoms. The average Bonchev–Trinajstić information content (AvgIpc) is 2.73. The molecule has 0 radical (unpaired) electrons. The summed E-state index contributed by atoms with van der Waals surface area (Å²) in [5.74, 6) is 2.03. The Bertz CT molecular complexity index is 840. The number of nitrogens with zero attached hydrogens (tertiary/aromatic N) is 1. The van der Waals surface area contributed by atoms with Crippen LogP contribution in [0.15, 0.2) is 30.3 Å². The maximum atomic E-state index is 13.1. The van der Waals surface area contributed by atoms with E-state index in [1.165, 1.54) is 7.11 Å². The SMILES string of the molecule is CCOc1ccc(CN(CC)C(=O)c2cc(Cl)c(OCC)c(OC)c2)cc1OC. The third-order valence-corrected chi connectivity index (χ3v) is 4.62. The standard InChI is InChI=1S/C22H28ClNO5/c1-6-24(14-15-9-10-18(28-7-2)19(11-15)26-4)22(25)16-12-17(23)21(29-8-3)20(13-16)27-5/h9-13H,6-8,14H2,1-5H3. The summed E-state index contributed by atoms with van der Waals surface area (Å²) in [5.41, 5.74) is 1.37. The lowest BCUT2D eigenvalue weighted by Crippen LogP contribution is -2.30. The number of carbonyl (C=O) groups is 1. The lowest BCUT2D eigenvalue weighted by atomic mass is 10.1. The van der Waals surface area contributed by atoms with E-state index in [0.717, 1.165) is 5.56 Å². The molecule has 2 rings (SSSR count). The van der Waals surface area contributed by atoms with Crippen LogP contribution in [0.1, 0.15) is 36.7 Å². The zero-order valence-electron chi connectivity index (χ0n) is 17.6. The first-order valence-electron chi connectivity index (χ1n) is 9.58. The van der Waals surface area contributed by atoms with Gasteiger partial charge in [-0.2, -0.15) is 0 Å². The molecule has 0 bridgehead atoms. The van der Waals surface area contributed by atoms with Crippen LogP contribution in [0.3, 0.4) is 0 Å². The van der Waals surface area contributed by atoms with Gasteiger partial charge in [-0.05, 0) is 50.6 Å². The summed E-state index contributed by atoms with van der Waals surface area (Å²) in [6.45, 7) is 7.66. The second-order valence-electron chi connectivity index (χ2n) is 6.16. The van der Waals surface area contributed by atoms with Gasteiger partial charge in [-0.3, -0.25) is 4.79 Å². The zero-order valence-corrected chi connectivity index (χ0v) is 18.3. The molecule has 7 heteroatoms. The minimum atomic E-state index is -0.149. The highest BCUT2D eigenvalue weighted by Crippen LogP contribution is 2.37. The highest BCUT2D eigenvalue weighted by Gasteiger charge is 2.20. The minimum absolute atomic E-state index is 0.149. The van der Waals surface area contributed by atoms with Crippen molar-refractivity contribution < 1.29 is 23.7 Å². The first-order chi connectivity index (χ1) is 14.0. The highest BCUT2D eigenvalue weighted by molar-refractivity contribution is 6.32. The molecule has 0 spiro atoms. The number of hydrogen-bond acceptors (Lipinski definition) is 5. The fourth-order valence-corrected chi connectivity index (χ4v) is 3.21. The van der Waals surface area contributed by atoms with E-state index in [2.05, 4.69) is 0 Å². The van der Waals surface area contributed by atoms with E-state index in [-0.39, 0.29) is 5.91 Å². The molecule has 0 N–H and O–H groups in total. The van der Waals surface area contributed by atoms with E-state index < -0.39 is 0 Å². The third-order valence-electron chi connectivity index (χ3n) is 4.34. The quantitative estimate of drug-likeness (QED) is 0.550. The number of rotatable bonds is 10. The van der Waals surface area contributed by atoms with Crippen molar-refractivity contribution in [2.45, 2.75) is 27.3 Å². The van der Waals surface area contributed by atoms with E-state index in [4.69, 9.17) is 30.5 Å². The molecule has 0 saturated carbocycles. The second-order valence-corrected chi connectivity index (χ2v) is 6.57. The van der Waals surface area contributed by atoms with Crippen molar-refractivity contribution in [1.29, 1.82) is 0 Å². The predicted octanol–water partition coefficient (Wildman–Crippen LogP) is 4.82. The molecule has 0 aliphatic carbocycles. The molecule has 1 amide bonds. The number of carbonyl (C=O) groups excluding carboxylic acids is 1. The fourth-order valence-electron chi connectivity index (χ4n) is 2.94. The second kappa shape index (κ2) is 10.8. The maximum absolute atomic E-state index is 13.1. The van der Waals surface area contributed by atoms with Crippen LogP contribution < -0.4 is 18.9 Å². The highest BCUT2D eigenvalue weighted by atomic mass is 35.5. The molecule has 0 aliphatic heterocycles. The molecule has 0 saturated heterocycles. The third kappa shape index (κ3) is 5.48. The molecule has 0 heterocycles. The number of ether oxygens (including phenoxy) is 4. The molecule has 0 aromatic heterocycles. The van der Waals surface area contributed by atoms with Gasteiger partial charge >= 0.3 is 0 Å². The van der Waals surface area contributed by atoms with Gasteiger partial charge in [0.25, 0.3) is 5.91 Å². The van der Waals surface area contributed by atoms with E-state index in [1.54, 1.807) is 24.1 Å². The number of halogens is 1. The molecule has 6 nitrogen and oxygen atoms in total. The van der Waals surface area contributed by atoms with Gasteiger partial charge in [-0.1, -0.05) is 17.7 Å². The Balaban J connectivity index is 2.28. The van der Waals surface area contributed by atoms with E-state index >= 15 is 0 Å². The predicted molar refractivity (Wildman–Crippen MR) is 114 cm³/mol. The Kier molecular flexibility index (Phi) is 8.46. The molecule has 2 aromatic rings. The number of hydrogen-bond donors (Lipinski definition) is 0. The molecule has 158 valence electrons. The van der Waals surface area contributed by atoms with Gasteiger partial charge in [0, 0.05) is 18.7 Å². The number of benzene rings is 2. The molecular formula is C22H28ClNO5. The Hall–Kier alpha value is -2.60. The largest absolute Gasteiger partial charge is 0.493 e. The normalized spacial score (nSPS) is 10.4. The van der Waals surface area contributed by atoms with Crippen molar-refractivity contribution in [3.8, 4) is 23.0 Å². The zero-order chi connectivity index (χ0) is 21.4. The fraction of sp³-hybridized carbons (Fsp3) is 0.409. The maximum Gasteiger partial charge on any atom is 0.254 e. The monoisotopic (exact) mass is 421 g/mol.